The van der Waals surface area contributed by atoms with Gasteiger partial charge in [0, 0.05) is 0 Å². The van der Waals surface area contributed by atoms with Gasteiger partial charge in [-0.15, -0.1) is 0 Å². The molecule has 2 N–H and O–H groups in total. The quantitative estimate of drug-likeness (QED) is 0.490. The number of hydrogen-bond acceptors (Lipinski definition) is 2. The minimum atomic E-state index is 0.611. The summed E-state index contributed by atoms with van der Waals surface area (Å²) in [5.41, 5.74) is 1.07. The van der Waals surface area contributed by atoms with Crippen LogP contribution in [0.1, 0.15) is 25.7 Å². The first-order valence-electron chi connectivity index (χ1n) is 7.14. The van der Waals surface area contributed by atoms with Gasteiger partial charge in [-0.1, -0.05) is 86.3 Å². The average molecular weight is 261 g/mol. The second kappa shape index (κ2) is 10.9. The van der Waals surface area contributed by atoms with E-state index in [0.717, 1.165) is 5.47 Å². The van der Waals surface area contributed by atoms with E-state index >= 15 is 0 Å². The normalized spacial score (nSPS) is 23.3. The number of allylic oxidation sites excluding steroid dienone is 6. The van der Waals surface area contributed by atoms with Crippen molar-refractivity contribution in [3.8, 4) is 0 Å². The number of nitrogens with one attached hydrogen (secondary N) is 2. The number of hydrogen-bond donors (Lipinski definition) is 2. The Hall–Kier alpha value is -0.860. The van der Waals surface area contributed by atoms with Crippen LogP contribution in [0.4, 0.5) is 0 Å². The minimum Gasteiger partial charge on any atom is -0.412 e. The van der Waals surface area contributed by atoms with Gasteiger partial charge in [-0.3, -0.25) is 0 Å². The summed E-state index contributed by atoms with van der Waals surface area (Å²) in [6.07, 6.45) is 14.2. The van der Waals surface area contributed by atoms with E-state index in [2.05, 4.69) is 30.8 Å². The maximum absolute atomic E-state index is 5.32. The van der Waals surface area contributed by atoms with E-state index in [1.165, 1.54) is 25.7 Å². The molecule has 0 unspecified atom stereocenters. The van der Waals surface area contributed by atoms with Crippen LogP contribution in [0.25, 0.3) is 0 Å². The average Bonchev–Trinajstić information content (AvgIpc) is 2.47. The first-order chi connectivity index (χ1) is 9.80. The second-order valence-corrected chi connectivity index (χ2v) is 4.98. The molecule has 1 rings (SSSR count). The zero-order valence-electron chi connectivity index (χ0n) is 12.1. The van der Waals surface area contributed by atoms with Crippen molar-refractivity contribution < 1.29 is 0 Å². The number of rotatable bonds is 9. The molecule has 0 saturated heterocycles. The predicted octanol–water partition coefficient (Wildman–Crippen LogP) is 2.07. The van der Waals surface area contributed by atoms with Gasteiger partial charge in [0.25, 0.3) is 0 Å². The summed E-state index contributed by atoms with van der Waals surface area (Å²) in [6, 6.07) is 0. The fourth-order valence-corrected chi connectivity index (χ4v) is 2.36. The molecule has 2 nitrogen and oxygen atoms in total. The molecule has 0 spiro atoms. The van der Waals surface area contributed by atoms with Crippen LogP contribution in [-0.4, -0.2) is 30.2 Å². The molecule has 1 saturated carbocycles. The van der Waals surface area contributed by atoms with Gasteiger partial charge in [0.15, 0.2) is 22.8 Å². The smallest absolute Gasteiger partial charge is 0.232 e. The lowest BCUT2D eigenvalue weighted by Gasteiger charge is -2.27. The van der Waals surface area contributed by atoms with E-state index in [-0.39, 0.29) is 0 Å². The first kappa shape index (κ1) is 17.2. The Morgan fingerprint density at radius 3 is 2.25 bits per heavy atom. The molecular weight excluding hydrogens is 239 g/mol. The Labute approximate surface area is 127 Å². The highest BCUT2D eigenvalue weighted by Crippen LogP contribution is 2.34. The maximum Gasteiger partial charge on any atom is 0.232 e. The third kappa shape index (κ3) is 7.06. The zero-order chi connectivity index (χ0) is 14.6. The van der Waals surface area contributed by atoms with Gasteiger partial charge >= 0.3 is 0 Å². The molecule has 0 heterocycles. The molecule has 0 aliphatic heterocycles. The Kier molecular flexibility index (Phi) is 9.35. The van der Waals surface area contributed by atoms with Gasteiger partial charge in [0.1, 0.15) is 0 Å². The third-order valence-electron chi connectivity index (χ3n) is 3.47. The molecule has 1 aliphatic carbocycles. The second-order valence-electron chi connectivity index (χ2n) is 4.98. The highest BCUT2D eigenvalue weighted by Gasteiger charge is 2.21. The van der Waals surface area contributed by atoms with Crippen molar-refractivity contribution in [2.45, 2.75) is 37.3 Å². The minimum absolute atomic E-state index is 0.611. The summed E-state index contributed by atoms with van der Waals surface area (Å²) in [5.74, 6) is 1.24. The van der Waals surface area contributed by atoms with Crippen LogP contribution in [0.3, 0.4) is 0 Å². The summed E-state index contributed by atoms with van der Waals surface area (Å²) in [4.78, 5) is 0. The molecule has 0 aromatic carbocycles. The fourth-order valence-electron chi connectivity index (χ4n) is 2.36. The van der Waals surface area contributed by atoms with E-state index < -0.39 is 0 Å². The molecule has 0 aromatic heterocycles. The molecule has 0 atom stereocenters. The molecule has 99 valence electrons. The first-order valence-corrected chi connectivity index (χ1v) is 7.14. The summed E-state index contributed by atoms with van der Waals surface area (Å²) in [5, 5.41) is 5.95. The Bertz CT molecular complexity index is 347. The summed E-state index contributed by atoms with van der Waals surface area (Å²) in [6.45, 7) is 7.39. The lowest BCUT2D eigenvalue weighted by Crippen LogP contribution is -2.31. The van der Waals surface area contributed by atoms with Crippen LogP contribution in [0.5, 0.6) is 0 Å². The molecule has 1 aliphatic rings. The fraction of sp³-hybridized carbons (Fsp3) is 0.429. The zero-order valence-corrected chi connectivity index (χ0v) is 12.1. The highest BCUT2D eigenvalue weighted by atomic mass is 14.6. The van der Waals surface area contributed by atoms with E-state index in [4.69, 9.17) is 7.98 Å². The Balaban J connectivity index is 2.23. The third-order valence-corrected chi connectivity index (χ3v) is 3.47. The van der Waals surface area contributed by atoms with E-state index in [9.17, 15) is 0 Å². The van der Waals surface area contributed by atoms with E-state index in [1.54, 1.807) is 12.2 Å². The lowest BCUT2D eigenvalue weighted by molar-refractivity contribution is 0.495. The van der Waals surface area contributed by atoms with Gasteiger partial charge in [-0.05, 0) is 0 Å². The van der Waals surface area contributed by atoms with Crippen LogP contribution in [0.15, 0.2) is 49.0 Å². The van der Waals surface area contributed by atoms with Crippen molar-refractivity contribution in [2.75, 3.05) is 0 Å². The highest BCUT2D eigenvalue weighted by molar-refractivity contribution is 6.57. The summed E-state index contributed by atoms with van der Waals surface area (Å²) in [7, 11) is 11.5. The van der Waals surface area contributed by atoms with Crippen molar-refractivity contribution in [3.63, 3.8) is 0 Å². The van der Waals surface area contributed by atoms with Crippen molar-refractivity contribution in [1.82, 2.24) is 10.3 Å². The Morgan fingerprint density at radius 1 is 1.05 bits per heavy atom. The van der Waals surface area contributed by atoms with Crippen molar-refractivity contribution in [1.29, 1.82) is 0 Å². The lowest BCUT2D eigenvalue weighted by atomic mass is 9.57. The van der Waals surface area contributed by atoms with Crippen LogP contribution < -0.4 is 10.3 Å². The van der Waals surface area contributed by atoms with Crippen molar-refractivity contribution in [2.24, 2.45) is 0 Å². The topological polar surface area (TPSA) is 24.1 Å². The molecule has 6 heteroatoms. The molecule has 0 aromatic rings. The SMILES string of the molecule is [B]N[B]C1CCC([B]N[B]C(/C=C\C=C)=C/C=C)CC1. The monoisotopic (exact) mass is 261 g/mol. The van der Waals surface area contributed by atoms with Gasteiger partial charge in [0.05, 0.1) is 0 Å². The summed E-state index contributed by atoms with van der Waals surface area (Å²) < 4.78 is 0. The van der Waals surface area contributed by atoms with Crippen molar-refractivity contribution in [3.05, 3.63) is 49.0 Å². The van der Waals surface area contributed by atoms with Crippen LogP contribution >= 0.6 is 0 Å². The molecule has 0 amide bonds. The summed E-state index contributed by atoms with van der Waals surface area (Å²) >= 11 is 0. The van der Waals surface area contributed by atoms with Gasteiger partial charge in [0.2, 0.25) is 7.41 Å². The largest absolute Gasteiger partial charge is 0.412 e. The molecule has 5 radical (unpaired) electrons. The maximum atomic E-state index is 5.32. The van der Waals surface area contributed by atoms with Crippen molar-refractivity contribution >= 4 is 30.2 Å². The Morgan fingerprint density at radius 2 is 1.70 bits per heavy atom. The van der Waals surface area contributed by atoms with Crippen LogP contribution in [0.2, 0.25) is 11.6 Å². The van der Waals surface area contributed by atoms with Gasteiger partial charge in [-0.25, -0.2) is 0 Å². The molecule has 1 fully saturated rings. The molecule has 20 heavy (non-hydrogen) atoms. The standard InChI is InChI=1S/C14H21B4N2/c1-3-5-7-12(6-4-2)17-20-18-14-10-8-13(9-11-14)16-19-15/h3-7,13-14,19-20H,1-2,8-11H2/b7-5-,12-6+. The van der Waals surface area contributed by atoms with E-state index in [1.807, 2.05) is 33.1 Å². The molecule has 0 bridgehead atoms. The van der Waals surface area contributed by atoms with Gasteiger partial charge < -0.3 is 10.3 Å². The van der Waals surface area contributed by atoms with Gasteiger partial charge in [-0.2, -0.15) is 0 Å². The van der Waals surface area contributed by atoms with Crippen LogP contribution in [0, 0.1) is 0 Å². The molecular formula is C14H21B4N2. The predicted molar refractivity (Wildman–Crippen MR) is 92.9 cm³/mol. The van der Waals surface area contributed by atoms with E-state index in [0.29, 0.717) is 11.6 Å². The van der Waals surface area contributed by atoms with Crippen LogP contribution in [-0.2, 0) is 0 Å².